The maximum absolute atomic E-state index is 14.5. The second-order valence-electron chi connectivity index (χ2n) is 6.77. The van der Waals surface area contributed by atoms with Gasteiger partial charge in [-0.1, -0.05) is 6.92 Å². The molecule has 1 atom stereocenters. The maximum Gasteiger partial charge on any atom is 0.267 e. The summed E-state index contributed by atoms with van der Waals surface area (Å²) in [6.45, 7) is -4.94. The highest BCUT2D eigenvalue weighted by molar-refractivity contribution is 6.02. The molecule has 6 nitrogen and oxygen atoms in total. The van der Waals surface area contributed by atoms with Crippen molar-refractivity contribution in [2.75, 3.05) is 26.2 Å². The lowest BCUT2D eigenvalue weighted by Crippen LogP contribution is -2.37. The van der Waals surface area contributed by atoms with E-state index in [4.69, 9.17) is 13.7 Å². The van der Waals surface area contributed by atoms with Gasteiger partial charge >= 0.3 is 0 Å². The van der Waals surface area contributed by atoms with Crippen LogP contribution in [0.1, 0.15) is 55.7 Å². The number of aromatic hydroxyl groups is 1. The first-order valence-electron chi connectivity index (χ1n) is 14.0. The number of amides is 1. The Morgan fingerprint density at radius 3 is 2.96 bits per heavy atom. The minimum Gasteiger partial charge on any atom is -0.506 e. The fraction of sp³-hybridized carbons (Fsp3) is 0.524. The molecule has 1 amide bonds. The Bertz CT molecular complexity index is 1310. The molecule has 2 aromatic rings. The average molecular weight is 400 g/mol. The highest BCUT2D eigenvalue weighted by Gasteiger charge is 2.22. The number of carbonyl (C=O) groups excluding carboxylic acids is 1. The molecule has 1 fully saturated rings. The molecule has 0 spiro atoms. The van der Waals surface area contributed by atoms with Gasteiger partial charge in [0.25, 0.3) is 11.5 Å². The van der Waals surface area contributed by atoms with Crippen molar-refractivity contribution in [3.05, 3.63) is 39.9 Å². The molecule has 1 unspecified atom stereocenters. The molecule has 1 aromatic carbocycles. The fourth-order valence-corrected chi connectivity index (χ4v) is 3.15. The van der Waals surface area contributed by atoms with Gasteiger partial charge in [-0.3, -0.25) is 9.59 Å². The summed E-state index contributed by atoms with van der Waals surface area (Å²) in [5.74, 6) is -3.93. The van der Waals surface area contributed by atoms with Crippen molar-refractivity contribution in [3.8, 4) is 5.75 Å². The van der Waals surface area contributed by atoms with Gasteiger partial charge in [-0.05, 0) is 69.8 Å². The van der Waals surface area contributed by atoms with Gasteiger partial charge in [0.05, 0.1) is 9.63 Å². The number of carbonyl (C=O) groups is 1. The number of likely N-dealkylation sites (tertiary alicyclic amines) is 1. The van der Waals surface area contributed by atoms with Crippen molar-refractivity contribution in [1.82, 2.24) is 14.8 Å². The third kappa shape index (κ3) is 4.19. The quantitative estimate of drug-likeness (QED) is 0.783. The normalized spacial score (nSPS) is 23.1. The Morgan fingerprint density at radius 1 is 1.50 bits per heavy atom. The second kappa shape index (κ2) is 8.73. The molecule has 1 saturated heterocycles. The van der Waals surface area contributed by atoms with Crippen LogP contribution in [0.5, 0.6) is 5.75 Å². The van der Waals surface area contributed by atoms with Gasteiger partial charge in [0.2, 0.25) is 0 Å². The van der Waals surface area contributed by atoms with E-state index in [1.165, 1.54) is 0 Å². The zero-order chi connectivity index (χ0) is 28.9. The van der Waals surface area contributed by atoms with Crippen LogP contribution in [0.15, 0.2) is 22.9 Å². The standard InChI is InChI=1S/C21H28FN3O3/c1-3-25-17-6-5-15(22)13-16(17)19(26)18(21(25)28)20(27)23-9-4-10-24-11-7-14(2)8-12-24/h5-6,13-14,26H,3-4,7-12H2,1-2H3,(H,23,27)/i1D3,3D2,5D,6D,10D,13D/hD. The number of benzene rings is 1. The van der Waals surface area contributed by atoms with Crippen molar-refractivity contribution >= 4 is 16.8 Å². The van der Waals surface area contributed by atoms with Gasteiger partial charge in [-0.2, -0.15) is 0 Å². The molecule has 1 aliphatic heterocycles. The number of rotatable bonds is 6. The summed E-state index contributed by atoms with van der Waals surface area (Å²) in [5, 5.41) is 10.0. The predicted octanol–water partition coefficient (Wildman–Crippen LogP) is 2.72. The lowest BCUT2D eigenvalue weighted by atomic mass is 9.99. The first-order valence-corrected chi connectivity index (χ1v) is 8.97. The minimum atomic E-state index is -3.62. The lowest BCUT2D eigenvalue weighted by molar-refractivity contribution is 0.0946. The van der Waals surface area contributed by atoms with E-state index in [0.29, 0.717) is 19.0 Å². The van der Waals surface area contributed by atoms with Crippen LogP contribution in [-0.2, 0) is 6.50 Å². The van der Waals surface area contributed by atoms with E-state index in [9.17, 15) is 19.1 Å². The molecule has 2 N–H and O–H groups in total. The number of hydrogen-bond donors (Lipinski definition) is 2. The van der Waals surface area contributed by atoms with Gasteiger partial charge in [-0.15, -0.1) is 0 Å². The van der Waals surface area contributed by atoms with Crippen LogP contribution >= 0.6 is 0 Å². The maximum atomic E-state index is 14.5. The number of aromatic nitrogens is 1. The van der Waals surface area contributed by atoms with Crippen LogP contribution in [0, 0.1) is 11.7 Å². The molecule has 28 heavy (non-hydrogen) atoms. The Hall–Kier alpha value is -2.41. The first-order chi connectivity index (χ1) is 17.4. The number of piperidine rings is 1. The van der Waals surface area contributed by atoms with Crippen LogP contribution in [0.4, 0.5) is 4.39 Å². The number of nitrogens with zero attached hydrogens (tertiary/aromatic N) is 2. The van der Waals surface area contributed by atoms with Crippen molar-refractivity contribution in [1.29, 1.82) is 0 Å². The third-order valence-corrected chi connectivity index (χ3v) is 4.79. The van der Waals surface area contributed by atoms with Crippen LogP contribution in [0.3, 0.4) is 0 Å². The van der Waals surface area contributed by atoms with E-state index < -0.39 is 77.5 Å². The zero-order valence-corrected chi connectivity index (χ0v) is 15.4. The van der Waals surface area contributed by atoms with E-state index in [1.54, 1.807) is 0 Å². The number of halogens is 1. The zero-order valence-electron chi connectivity index (χ0n) is 25.4. The smallest absolute Gasteiger partial charge is 0.267 e. The molecule has 0 radical (unpaired) electrons. The van der Waals surface area contributed by atoms with E-state index in [2.05, 4.69) is 6.92 Å². The summed E-state index contributed by atoms with van der Waals surface area (Å²) < 4.78 is 93.3. The van der Waals surface area contributed by atoms with E-state index in [1.807, 2.05) is 4.90 Å². The Morgan fingerprint density at radius 2 is 2.25 bits per heavy atom. The Kier molecular flexibility index (Phi) is 3.41. The Balaban J connectivity index is 2.13. The molecule has 152 valence electrons. The van der Waals surface area contributed by atoms with Crippen molar-refractivity contribution in [2.45, 2.75) is 39.5 Å². The number of fused-ring (bicyclic) bond motifs is 1. The molecular weight excluding hydrogens is 361 g/mol. The van der Waals surface area contributed by atoms with Crippen LogP contribution in [0.2, 0.25) is 1.41 Å². The summed E-state index contributed by atoms with van der Waals surface area (Å²) in [6, 6.07) is -3.68. The molecule has 1 aromatic heterocycles. The first kappa shape index (κ1) is 11.0. The van der Waals surface area contributed by atoms with Crippen LogP contribution in [-0.4, -0.2) is 46.6 Å². The summed E-state index contributed by atoms with van der Waals surface area (Å²) in [5.41, 5.74) is -4.08. The molecule has 7 heteroatoms. The third-order valence-electron chi connectivity index (χ3n) is 4.79. The van der Waals surface area contributed by atoms with Crippen molar-refractivity contribution in [2.24, 2.45) is 5.92 Å². The Labute approximate surface area is 178 Å². The number of hydrogen-bond acceptors (Lipinski definition) is 4. The number of aryl methyl sites for hydroxylation is 1. The van der Waals surface area contributed by atoms with Crippen LogP contribution < -0.4 is 10.9 Å². The lowest BCUT2D eigenvalue weighted by Gasteiger charge is -2.30. The highest BCUT2D eigenvalue weighted by Crippen LogP contribution is 2.27. The molecule has 3 rings (SSSR count). The molecular formula is C21H28FN3O3. The summed E-state index contributed by atoms with van der Waals surface area (Å²) in [6.07, 6.45) is 1.76. The summed E-state index contributed by atoms with van der Waals surface area (Å²) in [7, 11) is 0. The highest BCUT2D eigenvalue weighted by atomic mass is 19.1. The van der Waals surface area contributed by atoms with Gasteiger partial charge in [0.15, 0.2) is 1.41 Å². The number of pyridine rings is 1. The van der Waals surface area contributed by atoms with E-state index in [-0.39, 0.29) is 22.8 Å². The predicted molar refractivity (Wildman–Crippen MR) is 107 cm³/mol. The molecule has 0 aliphatic carbocycles. The largest absolute Gasteiger partial charge is 0.506 e. The second-order valence-corrected chi connectivity index (χ2v) is 6.77. The van der Waals surface area contributed by atoms with E-state index >= 15 is 0 Å². The summed E-state index contributed by atoms with van der Waals surface area (Å²) >= 11 is 0. The molecule has 0 bridgehead atoms. The SMILES string of the molecule is [2H]c1c(F)c([2H])c2c(O)c(C(=O)N([2H])CCC([2H])N3CCC(C)CC3)c(=O)n(C([2H])([2H])C([2H])([2H])[2H])c2c1[2H]. The minimum absolute atomic E-state index is 0.0142. The van der Waals surface area contributed by atoms with Crippen LogP contribution in [0.25, 0.3) is 10.9 Å². The van der Waals surface area contributed by atoms with Gasteiger partial charge in [-0.25, -0.2) is 4.39 Å². The van der Waals surface area contributed by atoms with Gasteiger partial charge in [0, 0.05) is 26.7 Å². The molecule has 2 heterocycles. The fourth-order valence-electron chi connectivity index (χ4n) is 3.15. The van der Waals surface area contributed by atoms with Crippen molar-refractivity contribution in [3.63, 3.8) is 0 Å². The topological polar surface area (TPSA) is 74.6 Å². The van der Waals surface area contributed by atoms with Gasteiger partial charge in [0.1, 0.15) is 17.1 Å². The molecule has 1 aliphatic rings. The van der Waals surface area contributed by atoms with E-state index in [0.717, 1.165) is 12.8 Å². The van der Waals surface area contributed by atoms with Crippen molar-refractivity contribution < 1.29 is 28.0 Å². The average Bonchev–Trinajstić information content (AvgIpc) is 2.83. The number of nitrogens with one attached hydrogen (secondary N) is 1. The summed E-state index contributed by atoms with van der Waals surface area (Å²) in [4.78, 5) is 28.4. The monoisotopic (exact) mass is 399 g/mol. The molecule has 0 saturated carbocycles. The van der Waals surface area contributed by atoms with Gasteiger partial charge < -0.3 is 19.9 Å².